The lowest BCUT2D eigenvalue weighted by Crippen LogP contribution is -2.23. The van der Waals surface area contributed by atoms with Crippen molar-refractivity contribution in [3.05, 3.63) is 5.56 Å². The summed E-state index contributed by atoms with van der Waals surface area (Å²) in [6, 6.07) is 2.10. The van der Waals surface area contributed by atoms with Crippen molar-refractivity contribution >= 4 is 22.4 Å². The topological polar surface area (TPSA) is 65.9 Å². The quantitative estimate of drug-likeness (QED) is 0.823. The molecule has 14 heavy (non-hydrogen) atoms. The van der Waals surface area contributed by atoms with E-state index in [1.165, 1.54) is 11.5 Å². The maximum absolute atomic E-state index is 8.91. The lowest BCUT2D eigenvalue weighted by Gasteiger charge is -2.19. The molecule has 0 atom stereocenters. The zero-order chi connectivity index (χ0) is 10.6. The average molecular weight is 210 g/mol. The van der Waals surface area contributed by atoms with Crippen molar-refractivity contribution in [3.63, 3.8) is 0 Å². The Kier molecular flexibility index (Phi) is 3.72. The van der Waals surface area contributed by atoms with Crippen LogP contribution in [-0.2, 0) is 0 Å². The van der Waals surface area contributed by atoms with E-state index in [2.05, 4.69) is 29.2 Å². The van der Waals surface area contributed by atoms with Gasteiger partial charge in [0.05, 0.1) is 0 Å². The number of hydrogen-bond donors (Lipinski definition) is 1. The fourth-order valence-electron chi connectivity index (χ4n) is 1.29. The highest BCUT2D eigenvalue weighted by Gasteiger charge is 2.15. The van der Waals surface area contributed by atoms with Crippen LogP contribution in [0.3, 0.4) is 0 Å². The number of anilines is 2. The Bertz CT molecular complexity index is 339. The summed E-state index contributed by atoms with van der Waals surface area (Å²) in [6.07, 6.45) is 1.05. The van der Waals surface area contributed by atoms with Gasteiger partial charge in [-0.05, 0) is 24.9 Å². The molecule has 0 radical (unpaired) electrons. The molecule has 0 saturated carbocycles. The summed E-state index contributed by atoms with van der Waals surface area (Å²) in [5.41, 5.74) is 6.11. The number of nitrogens with zero attached hydrogens (tertiary/aromatic N) is 3. The first-order chi connectivity index (χ1) is 6.74. The van der Waals surface area contributed by atoms with Crippen LogP contribution in [0.15, 0.2) is 0 Å². The van der Waals surface area contributed by atoms with E-state index in [0.717, 1.165) is 24.5 Å². The van der Waals surface area contributed by atoms with Gasteiger partial charge in [-0.2, -0.15) is 9.64 Å². The van der Waals surface area contributed by atoms with E-state index in [0.29, 0.717) is 11.4 Å². The molecule has 0 aliphatic heterocycles. The van der Waals surface area contributed by atoms with Crippen LogP contribution in [0.5, 0.6) is 0 Å². The van der Waals surface area contributed by atoms with Gasteiger partial charge in [0.15, 0.2) is 5.82 Å². The van der Waals surface area contributed by atoms with E-state index in [1.54, 1.807) is 0 Å². The van der Waals surface area contributed by atoms with E-state index < -0.39 is 0 Å². The number of nitriles is 1. The second-order valence-corrected chi connectivity index (χ2v) is 3.69. The van der Waals surface area contributed by atoms with E-state index in [4.69, 9.17) is 11.0 Å². The van der Waals surface area contributed by atoms with Gasteiger partial charge in [0.25, 0.3) is 0 Å². The minimum Gasteiger partial charge on any atom is -0.382 e. The standard InChI is InChI=1S/C9H14N4S/c1-3-5-13(4-2)9-7(6-10)8(11)12-14-9/h3-5H2,1-2H3,(H2,11,12). The molecule has 0 spiro atoms. The van der Waals surface area contributed by atoms with Gasteiger partial charge in [-0.3, -0.25) is 0 Å². The van der Waals surface area contributed by atoms with Gasteiger partial charge in [0, 0.05) is 13.1 Å². The average Bonchev–Trinajstić information content (AvgIpc) is 2.56. The molecule has 2 N–H and O–H groups in total. The van der Waals surface area contributed by atoms with E-state index in [9.17, 15) is 0 Å². The van der Waals surface area contributed by atoms with Crippen molar-refractivity contribution in [2.45, 2.75) is 20.3 Å². The third-order valence-corrected chi connectivity index (χ3v) is 2.90. The van der Waals surface area contributed by atoms with Gasteiger partial charge in [0.2, 0.25) is 0 Å². The fraction of sp³-hybridized carbons (Fsp3) is 0.556. The minimum absolute atomic E-state index is 0.349. The Morgan fingerprint density at radius 1 is 1.57 bits per heavy atom. The molecule has 0 unspecified atom stereocenters. The smallest absolute Gasteiger partial charge is 0.157 e. The number of aromatic nitrogens is 1. The van der Waals surface area contributed by atoms with Crippen LogP contribution < -0.4 is 10.6 Å². The highest BCUT2D eigenvalue weighted by atomic mass is 32.1. The van der Waals surface area contributed by atoms with E-state index in [-0.39, 0.29) is 0 Å². The summed E-state index contributed by atoms with van der Waals surface area (Å²) in [4.78, 5) is 2.13. The Morgan fingerprint density at radius 2 is 2.29 bits per heavy atom. The van der Waals surface area contributed by atoms with E-state index >= 15 is 0 Å². The Morgan fingerprint density at radius 3 is 2.79 bits per heavy atom. The van der Waals surface area contributed by atoms with Gasteiger partial charge in [-0.1, -0.05) is 6.92 Å². The molecule has 0 aromatic carbocycles. The summed E-state index contributed by atoms with van der Waals surface area (Å²) in [5.74, 6) is 0.349. The van der Waals surface area contributed by atoms with Crippen molar-refractivity contribution in [1.82, 2.24) is 4.37 Å². The Balaban J connectivity index is 2.98. The maximum atomic E-state index is 8.91. The van der Waals surface area contributed by atoms with Crippen LogP contribution in [0.1, 0.15) is 25.8 Å². The van der Waals surface area contributed by atoms with Gasteiger partial charge >= 0.3 is 0 Å². The van der Waals surface area contributed by atoms with Crippen molar-refractivity contribution in [3.8, 4) is 6.07 Å². The molecule has 76 valence electrons. The zero-order valence-corrected chi connectivity index (χ0v) is 9.27. The number of nitrogen functional groups attached to an aromatic ring is 1. The molecule has 0 saturated heterocycles. The summed E-state index contributed by atoms with van der Waals surface area (Å²) < 4.78 is 3.99. The predicted molar refractivity (Wildman–Crippen MR) is 59.4 cm³/mol. The van der Waals surface area contributed by atoms with Crippen molar-refractivity contribution in [1.29, 1.82) is 5.26 Å². The zero-order valence-electron chi connectivity index (χ0n) is 8.45. The molecule has 0 aliphatic carbocycles. The predicted octanol–water partition coefficient (Wildman–Crippen LogP) is 1.83. The molecule has 1 aromatic rings. The van der Waals surface area contributed by atoms with Gasteiger partial charge in [-0.15, -0.1) is 0 Å². The number of rotatable bonds is 4. The van der Waals surface area contributed by atoms with Crippen LogP contribution >= 0.6 is 11.5 Å². The highest BCUT2D eigenvalue weighted by molar-refractivity contribution is 7.10. The summed E-state index contributed by atoms with van der Waals surface area (Å²) >= 11 is 1.30. The molecule has 5 heteroatoms. The lowest BCUT2D eigenvalue weighted by molar-refractivity contribution is 0.798. The third kappa shape index (κ3) is 1.96. The molecule has 0 fully saturated rings. The summed E-state index contributed by atoms with van der Waals surface area (Å²) in [5, 5.41) is 9.81. The van der Waals surface area contributed by atoms with Crippen LogP contribution in [0.2, 0.25) is 0 Å². The highest BCUT2D eigenvalue weighted by Crippen LogP contribution is 2.29. The molecule has 0 amide bonds. The maximum Gasteiger partial charge on any atom is 0.157 e. The van der Waals surface area contributed by atoms with Crippen LogP contribution in [-0.4, -0.2) is 17.5 Å². The molecule has 1 heterocycles. The summed E-state index contributed by atoms with van der Waals surface area (Å²) in [7, 11) is 0. The second-order valence-electron chi connectivity index (χ2n) is 2.94. The van der Waals surface area contributed by atoms with Gasteiger partial charge < -0.3 is 10.6 Å². The molecular formula is C9H14N4S. The van der Waals surface area contributed by atoms with Gasteiger partial charge in [-0.25, -0.2) is 0 Å². The SMILES string of the molecule is CCCN(CC)c1snc(N)c1C#N. The fourth-order valence-corrected chi connectivity index (χ4v) is 2.14. The first-order valence-corrected chi connectivity index (χ1v) is 5.42. The van der Waals surface area contributed by atoms with Gasteiger partial charge in [0.1, 0.15) is 16.6 Å². The minimum atomic E-state index is 0.349. The van der Waals surface area contributed by atoms with Crippen LogP contribution in [0, 0.1) is 11.3 Å². The third-order valence-electron chi connectivity index (χ3n) is 1.97. The molecular weight excluding hydrogens is 196 g/mol. The first-order valence-electron chi connectivity index (χ1n) is 4.64. The van der Waals surface area contributed by atoms with Crippen LogP contribution in [0.25, 0.3) is 0 Å². The largest absolute Gasteiger partial charge is 0.382 e. The second kappa shape index (κ2) is 4.82. The van der Waals surface area contributed by atoms with E-state index in [1.807, 2.05) is 0 Å². The van der Waals surface area contributed by atoms with Crippen molar-refractivity contribution in [2.24, 2.45) is 0 Å². The normalized spacial score (nSPS) is 9.79. The Labute approximate surface area is 88.1 Å². The van der Waals surface area contributed by atoms with Crippen molar-refractivity contribution < 1.29 is 0 Å². The monoisotopic (exact) mass is 210 g/mol. The summed E-state index contributed by atoms with van der Waals surface area (Å²) in [6.45, 7) is 5.99. The molecule has 4 nitrogen and oxygen atoms in total. The molecule has 1 rings (SSSR count). The van der Waals surface area contributed by atoms with Crippen molar-refractivity contribution in [2.75, 3.05) is 23.7 Å². The first kappa shape index (κ1) is 10.8. The van der Waals surface area contributed by atoms with Crippen LogP contribution in [0.4, 0.5) is 10.8 Å². The molecule has 1 aromatic heterocycles. The number of nitrogens with two attached hydrogens (primary N) is 1. The molecule has 0 aliphatic rings. The molecule has 0 bridgehead atoms. The Hall–Kier alpha value is -1.28. The lowest BCUT2D eigenvalue weighted by atomic mass is 10.3. The number of hydrogen-bond acceptors (Lipinski definition) is 5.